The lowest BCUT2D eigenvalue weighted by Crippen LogP contribution is -2.60. The molecule has 4 bridgehead atoms. The molecule has 5 nitrogen and oxygen atoms in total. The van der Waals surface area contributed by atoms with Gasteiger partial charge in [-0.05, 0) is 37.0 Å². The van der Waals surface area contributed by atoms with E-state index in [0.717, 1.165) is 6.42 Å². The Hall–Kier alpha value is -0.640. The Bertz CT molecular complexity index is 450. The van der Waals surface area contributed by atoms with Crippen LogP contribution in [-0.4, -0.2) is 20.9 Å². The van der Waals surface area contributed by atoms with Crippen molar-refractivity contribution < 1.29 is 24.3 Å². The van der Waals surface area contributed by atoms with Crippen molar-refractivity contribution in [2.45, 2.75) is 19.3 Å². The standard InChI is InChI=1S/C10H13O5P/c11-9(12)10-3-5-1-6(4-10)8(2-7(5)10)16(13,14)15/h2,5-7H,1,3-4H2,(H,11,12)(H2,13,14,15). The van der Waals surface area contributed by atoms with Crippen LogP contribution in [0.2, 0.25) is 0 Å². The molecule has 4 atom stereocenters. The molecule has 0 aliphatic heterocycles. The van der Waals surface area contributed by atoms with Crippen molar-refractivity contribution in [2.24, 2.45) is 23.2 Å². The van der Waals surface area contributed by atoms with Crippen LogP contribution in [0, 0.1) is 23.2 Å². The summed E-state index contributed by atoms with van der Waals surface area (Å²) in [6.45, 7) is 0. The zero-order chi connectivity index (χ0) is 11.7. The van der Waals surface area contributed by atoms with E-state index in [-0.39, 0.29) is 17.2 Å². The second kappa shape index (κ2) is 2.78. The van der Waals surface area contributed by atoms with Gasteiger partial charge in [0.15, 0.2) is 0 Å². The zero-order valence-corrected chi connectivity index (χ0v) is 9.43. The average Bonchev–Trinajstić information content (AvgIpc) is 2.15. The van der Waals surface area contributed by atoms with E-state index in [1.165, 1.54) is 0 Å². The predicted molar refractivity (Wildman–Crippen MR) is 54.5 cm³/mol. The molecule has 0 heterocycles. The van der Waals surface area contributed by atoms with Crippen molar-refractivity contribution in [1.29, 1.82) is 0 Å². The van der Waals surface area contributed by atoms with Gasteiger partial charge >= 0.3 is 13.6 Å². The number of hydrogen-bond acceptors (Lipinski definition) is 2. The third kappa shape index (κ3) is 1.09. The molecule has 0 saturated heterocycles. The zero-order valence-electron chi connectivity index (χ0n) is 8.54. The number of hydrogen-bond donors (Lipinski definition) is 3. The van der Waals surface area contributed by atoms with Crippen LogP contribution >= 0.6 is 7.60 Å². The van der Waals surface area contributed by atoms with E-state index in [9.17, 15) is 24.3 Å². The molecule has 5 rings (SSSR count). The van der Waals surface area contributed by atoms with Gasteiger partial charge in [0.25, 0.3) is 0 Å². The number of rotatable bonds is 2. The summed E-state index contributed by atoms with van der Waals surface area (Å²) in [6.07, 6.45) is 3.38. The third-order valence-corrected chi connectivity index (χ3v) is 5.69. The first-order valence-corrected chi connectivity index (χ1v) is 6.97. The normalized spacial score (nSPS) is 44.9. The molecule has 0 aromatic rings. The van der Waals surface area contributed by atoms with Gasteiger partial charge in [-0.1, -0.05) is 6.08 Å². The van der Waals surface area contributed by atoms with Gasteiger partial charge < -0.3 is 14.9 Å². The molecule has 0 amide bonds. The number of carboxylic acids is 1. The maximum absolute atomic E-state index is 11.3. The molecule has 3 N–H and O–H groups in total. The van der Waals surface area contributed by atoms with Gasteiger partial charge in [-0.25, -0.2) is 0 Å². The molecular formula is C10H13O5P. The van der Waals surface area contributed by atoms with Crippen LogP contribution in [0.5, 0.6) is 0 Å². The van der Waals surface area contributed by atoms with Crippen LogP contribution in [-0.2, 0) is 9.36 Å². The van der Waals surface area contributed by atoms with Gasteiger partial charge in [0.05, 0.1) is 5.41 Å². The largest absolute Gasteiger partial charge is 0.481 e. The first kappa shape index (κ1) is 10.5. The molecule has 0 radical (unpaired) electrons. The van der Waals surface area contributed by atoms with Gasteiger partial charge in [-0.2, -0.15) is 0 Å². The Balaban J connectivity index is 2.03. The molecule has 6 heteroatoms. The van der Waals surface area contributed by atoms with Crippen LogP contribution in [0.4, 0.5) is 0 Å². The van der Waals surface area contributed by atoms with Crippen LogP contribution in [0.25, 0.3) is 0 Å². The van der Waals surface area contributed by atoms with Crippen molar-refractivity contribution in [2.75, 3.05) is 0 Å². The molecule has 0 aromatic heterocycles. The average molecular weight is 244 g/mol. The first-order chi connectivity index (χ1) is 7.34. The smallest absolute Gasteiger partial charge is 0.352 e. The first-order valence-electron chi connectivity index (χ1n) is 5.36. The summed E-state index contributed by atoms with van der Waals surface area (Å²) in [5, 5.41) is 9.41. The van der Waals surface area contributed by atoms with Gasteiger partial charge in [-0.15, -0.1) is 0 Å². The lowest BCUT2D eigenvalue weighted by molar-refractivity contribution is -0.178. The van der Waals surface area contributed by atoms with Crippen LogP contribution in [0.15, 0.2) is 11.4 Å². The molecule has 5 aliphatic rings. The molecule has 4 unspecified atom stereocenters. The second-order valence-corrected chi connectivity index (χ2v) is 6.83. The minimum absolute atomic E-state index is 0.155. The number of carboxylic acid groups (broad SMARTS) is 1. The lowest BCUT2D eigenvalue weighted by atomic mass is 9.42. The SMILES string of the molecule is O=C(O)C12CC3CC(C1)C2C=C3P(=O)(O)O. The number of aliphatic carboxylic acids is 1. The Kier molecular flexibility index (Phi) is 1.83. The topological polar surface area (TPSA) is 94.8 Å². The van der Waals surface area contributed by atoms with Crippen molar-refractivity contribution >= 4 is 13.6 Å². The van der Waals surface area contributed by atoms with E-state index in [0.29, 0.717) is 18.8 Å². The molecule has 5 aliphatic carbocycles. The van der Waals surface area contributed by atoms with Crippen molar-refractivity contribution in [3.8, 4) is 0 Å². The summed E-state index contributed by atoms with van der Waals surface area (Å²) in [5.41, 5.74) is -0.716. The summed E-state index contributed by atoms with van der Waals surface area (Å²) in [6, 6.07) is 0. The van der Waals surface area contributed by atoms with E-state index in [2.05, 4.69) is 0 Å². The predicted octanol–water partition coefficient (Wildman–Crippen LogP) is 1.18. The van der Waals surface area contributed by atoms with Crippen LogP contribution in [0.1, 0.15) is 19.3 Å². The summed E-state index contributed by atoms with van der Waals surface area (Å²) in [7, 11) is -4.18. The third-order valence-electron chi connectivity index (χ3n) is 4.50. The fourth-order valence-corrected chi connectivity index (χ4v) is 4.88. The van der Waals surface area contributed by atoms with Crippen molar-refractivity contribution in [1.82, 2.24) is 0 Å². The van der Waals surface area contributed by atoms with E-state index < -0.39 is 19.0 Å². The molecule has 3 saturated carbocycles. The maximum Gasteiger partial charge on any atom is 0.352 e. The quantitative estimate of drug-likeness (QED) is 0.634. The fraction of sp³-hybridized carbons (Fsp3) is 0.700. The van der Waals surface area contributed by atoms with Gasteiger partial charge in [-0.3, -0.25) is 9.36 Å². The summed E-state index contributed by atoms with van der Waals surface area (Å²) >= 11 is 0. The van der Waals surface area contributed by atoms with E-state index >= 15 is 0 Å². The summed E-state index contributed by atoms with van der Waals surface area (Å²) in [5.74, 6) is -0.858. The molecule has 16 heavy (non-hydrogen) atoms. The molecule has 88 valence electrons. The maximum atomic E-state index is 11.3. The molecule has 0 spiro atoms. The van der Waals surface area contributed by atoms with Crippen molar-refractivity contribution in [3.05, 3.63) is 11.4 Å². The highest BCUT2D eigenvalue weighted by atomic mass is 31.2. The fourth-order valence-electron chi connectivity index (χ4n) is 3.85. The highest BCUT2D eigenvalue weighted by Gasteiger charge is 2.66. The van der Waals surface area contributed by atoms with E-state index in [1.54, 1.807) is 6.08 Å². The molecule has 3 fully saturated rings. The van der Waals surface area contributed by atoms with E-state index in [1.807, 2.05) is 0 Å². The Morgan fingerprint density at radius 1 is 1.44 bits per heavy atom. The van der Waals surface area contributed by atoms with E-state index in [4.69, 9.17) is 0 Å². The minimum Gasteiger partial charge on any atom is -0.481 e. The molecule has 0 aromatic carbocycles. The Labute approximate surface area is 92.3 Å². The highest BCUT2D eigenvalue weighted by molar-refractivity contribution is 7.56. The monoisotopic (exact) mass is 244 g/mol. The minimum atomic E-state index is -4.18. The van der Waals surface area contributed by atoms with Crippen molar-refractivity contribution in [3.63, 3.8) is 0 Å². The van der Waals surface area contributed by atoms with Gasteiger partial charge in [0, 0.05) is 5.31 Å². The van der Waals surface area contributed by atoms with Gasteiger partial charge in [0.2, 0.25) is 0 Å². The highest BCUT2D eigenvalue weighted by Crippen LogP contribution is 2.71. The second-order valence-electron chi connectivity index (χ2n) is 5.22. The number of carbonyl (C=O) groups is 1. The van der Waals surface area contributed by atoms with Gasteiger partial charge in [0.1, 0.15) is 0 Å². The summed E-state index contributed by atoms with van der Waals surface area (Å²) in [4.78, 5) is 29.6. The molecular weight excluding hydrogens is 231 g/mol. The Morgan fingerprint density at radius 2 is 2.12 bits per heavy atom. The van der Waals surface area contributed by atoms with Crippen LogP contribution < -0.4 is 0 Å². The number of allylic oxidation sites excluding steroid dienone is 2. The van der Waals surface area contributed by atoms with Crippen LogP contribution in [0.3, 0.4) is 0 Å². The Morgan fingerprint density at radius 3 is 2.56 bits per heavy atom. The summed E-state index contributed by atoms with van der Waals surface area (Å²) < 4.78 is 11.3. The lowest BCUT2D eigenvalue weighted by Gasteiger charge is -2.61.